The van der Waals surface area contributed by atoms with Gasteiger partial charge in [0.15, 0.2) is 11.5 Å². The lowest BCUT2D eigenvalue weighted by molar-refractivity contribution is -0.129. The number of amides is 2. The summed E-state index contributed by atoms with van der Waals surface area (Å²) in [6.07, 6.45) is 0. The van der Waals surface area contributed by atoms with E-state index in [9.17, 15) is 9.59 Å². The molecule has 0 bridgehead atoms. The summed E-state index contributed by atoms with van der Waals surface area (Å²) < 4.78 is 10.4. The molecule has 2 amide bonds. The minimum Gasteiger partial charge on any atom is -0.493 e. The van der Waals surface area contributed by atoms with Crippen LogP contribution >= 0.6 is 0 Å². The second-order valence-electron chi connectivity index (χ2n) is 5.33. The number of carbonyl (C=O) groups is 2. The first-order valence-corrected chi connectivity index (χ1v) is 7.14. The molecule has 0 heterocycles. The van der Waals surface area contributed by atoms with Gasteiger partial charge in [0.2, 0.25) is 11.8 Å². The summed E-state index contributed by atoms with van der Waals surface area (Å²) >= 11 is 0. The van der Waals surface area contributed by atoms with Crippen molar-refractivity contribution in [2.24, 2.45) is 5.92 Å². The van der Waals surface area contributed by atoms with Crippen LogP contribution in [0, 0.1) is 5.92 Å². The second kappa shape index (κ2) is 8.26. The van der Waals surface area contributed by atoms with Crippen LogP contribution in [0.15, 0.2) is 18.2 Å². The van der Waals surface area contributed by atoms with Gasteiger partial charge >= 0.3 is 0 Å². The van der Waals surface area contributed by atoms with Crippen molar-refractivity contribution >= 4 is 11.8 Å². The fourth-order valence-electron chi connectivity index (χ4n) is 2.04. The molecule has 1 aromatic rings. The van der Waals surface area contributed by atoms with Crippen molar-refractivity contribution in [3.8, 4) is 11.5 Å². The summed E-state index contributed by atoms with van der Waals surface area (Å²) in [5, 5.41) is 5.48. The third-order valence-electron chi connectivity index (χ3n) is 3.22. The molecule has 0 unspecified atom stereocenters. The molecule has 0 saturated carbocycles. The predicted molar refractivity (Wildman–Crippen MR) is 83.8 cm³/mol. The number of rotatable bonds is 7. The van der Waals surface area contributed by atoms with Gasteiger partial charge in [0.1, 0.15) is 6.04 Å². The summed E-state index contributed by atoms with van der Waals surface area (Å²) in [5.74, 6) is 0.821. The number of hydrogen-bond donors (Lipinski definition) is 2. The van der Waals surface area contributed by atoms with Crippen molar-refractivity contribution in [2.75, 3.05) is 14.2 Å². The van der Waals surface area contributed by atoms with E-state index in [1.807, 2.05) is 26.0 Å². The molecule has 1 atom stereocenters. The van der Waals surface area contributed by atoms with Gasteiger partial charge in [-0.05, 0) is 23.6 Å². The van der Waals surface area contributed by atoms with E-state index in [1.165, 1.54) is 6.92 Å². The van der Waals surface area contributed by atoms with E-state index in [1.54, 1.807) is 20.3 Å². The highest BCUT2D eigenvalue weighted by Gasteiger charge is 2.22. The lowest BCUT2D eigenvalue weighted by Crippen LogP contribution is -2.48. The van der Waals surface area contributed by atoms with Crippen molar-refractivity contribution in [3.05, 3.63) is 23.8 Å². The number of ether oxygens (including phenoxy) is 2. The molecule has 0 fully saturated rings. The third-order valence-corrected chi connectivity index (χ3v) is 3.22. The quantitative estimate of drug-likeness (QED) is 0.800. The Bertz CT molecular complexity index is 529. The minimum absolute atomic E-state index is 0.00861. The van der Waals surface area contributed by atoms with Crippen LogP contribution in [-0.4, -0.2) is 32.1 Å². The fourth-order valence-corrected chi connectivity index (χ4v) is 2.04. The molecule has 0 aliphatic rings. The fraction of sp³-hybridized carbons (Fsp3) is 0.500. The molecule has 0 spiro atoms. The maximum absolute atomic E-state index is 12.2. The third kappa shape index (κ3) is 4.95. The van der Waals surface area contributed by atoms with E-state index < -0.39 is 6.04 Å². The number of nitrogens with one attached hydrogen (secondary N) is 2. The highest BCUT2D eigenvalue weighted by Crippen LogP contribution is 2.27. The molecular formula is C16H24N2O4. The zero-order valence-corrected chi connectivity index (χ0v) is 13.7. The summed E-state index contributed by atoms with van der Waals surface area (Å²) in [5.41, 5.74) is 0.885. The highest BCUT2D eigenvalue weighted by atomic mass is 16.5. The topological polar surface area (TPSA) is 76.7 Å². The number of carbonyl (C=O) groups excluding carboxylic acids is 2. The van der Waals surface area contributed by atoms with E-state index in [2.05, 4.69) is 10.6 Å². The summed E-state index contributed by atoms with van der Waals surface area (Å²) in [7, 11) is 3.13. The molecule has 22 heavy (non-hydrogen) atoms. The Labute approximate surface area is 131 Å². The predicted octanol–water partition coefficient (Wildman–Crippen LogP) is 1.48. The molecular weight excluding hydrogens is 284 g/mol. The summed E-state index contributed by atoms with van der Waals surface area (Å²) in [6.45, 7) is 5.52. The van der Waals surface area contributed by atoms with Crippen LogP contribution < -0.4 is 20.1 Å². The van der Waals surface area contributed by atoms with Crippen LogP contribution in [0.3, 0.4) is 0 Å². The molecule has 0 radical (unpaired) electrons. The van der Waals surface area contributed by atoms with Crippen LogP contribution in [-0.2, 0) is 16.1 Å². The van der Waals surface area contributed by atoms with E-state index in [4.69, 9.17) is 9.47 Å². The molecule has 6 nitrogen and oxygen atoms in total. The Balaban J connectivity index is 2.72. The Hall–Kier alpha value is -2.24. The monoisotopic (exact) mass is 308 g/mol. The first kappa shape index (κ1) is 17.8. The minimum atomic E-state index is -0.544. The van der Waals surface area contributed by atoms with Crippen LogP contribution in [0.25, 0.3) is 0 Å². The summed E-state index contributed by atoms with van der Waals surface area (Å²) in [6, 6.07) is 4.90. The van der Waals surface area contributed by atoms with Crippen LogP contribution in [0.5, 0.6) is 11.5 Å². The molecule has 2 N–H and O–H groups in total. The van der Waals surface area contributed by atoms with E-state index in [0.29, 0.717) is 18.0 Å². The van der Waals surface area contributed by atoms with Gasteiger partial charge in [0.25, 0.3) is 0 Å². The molecule has 0 aliphatic carbocycles. The van der Waals surface area contributed by atoms with Gasteiger partial charge in [-0.2, -0.15) is 0 Å². The smallest absolute Gasteiger partial charge is 0.243 e. The Kier molecular flexibility index (Phi) is 6.69. The molecule has 0 aliphatic heterocycles. The van der Waals surface area contributed by atoms with Gasteiger partial charge in [-0.15, -0.1) is 0 Å². The molecule has 1 aromatic carbocycles. The largest absolute Gasteiger partial charge is 0.493 e. The van der Waals surface area contributed by atoms with Crippen molar-refractivity contribution in [2.45, 2.75) is 33.4 Å². The van der Waals surface area contributed by atoms with Gasteiger partial charge < -0.3 is 20.1 Å². The van der Waals surface area contributed by atoms with Gasteiger partial charge in [0, 0.05) is 13.5 Å². The molecule has 6 heteroatoms. The normalized spacial score (nSPS) is 11.7. The van der Waals surface area contributed by atoms with Crippen molar-refractivity contribution in [1.29, 1.82) is 0 Å². The average molecular weight is 308 g/mol. The zero-order valence-electron chi connectivity index (χ0n) is 13.7. The first-order chi connectivity index (χ1) is 10.4. The van der Waals surface area contributed by atoms with Crippen LogP contribution in [0.4, 0.5) is 0 Å². The van der Waals surface area contributed by atoms with E-state index >= 15 is 0 Å². The van der Waals surface area contributed by atoms with Crippen LogP contribution in [0.1, 0.15) is 26.3 Å². The lowest BCUT2D eigenvalue weighted by Gasteiger charge is -2.21. The first-order valence-electron chi connectivity index (χ1n) is 7.14. The van der Waals surface area contributed by atoms with Crippen LogP contribution in [0.2, 0.25) is 0 Å². The molecule has 0 saturated heterocycles. The standard InChI is InChI=1S/C16H24N2O4/c1-10(2)15(18-11(3)19)16(20)17-9-12-6-7-13(21-4)14(8-12)22-5/h6-8,10,15H,9H2,1-5H3,(H,17,20)(H,18,19)/t15-/m1/s1. The van der Waals surface area contributed by atoms with Crippen molar-refractivity contribution in [1.82, 2.24) is 10.6 Å². The SMILES string of the molecule is COc1ccc(CNC(=O)[C@H](NC(C)=O)C(C)C)cc1OC. The zero-order chi connectivity index (χ0) is 16.7. The maximum atomic E-state index is 12.2. The number of benzene rings is 1. The molecule has 122 valence electrons. The molecule has 1 rings (SSSR count). The molecule has 0 aromatic heterocycles. The number of hydrogen-bond acceptors (Lipinski definition) is 4. The van der Waals surface area contributed by atoms with Gasteiger partial charge in [-0.3, -0.25) is 9.59 Å². The Morgan fingerprint density at radius 2 is 1.77 bits per heavy atom. The Morgan fingerprint density at radius 3 is 2.27 bits per heavy atom. The Morgan fingerprint density at radius 1 is 1.14 bits per heavy atom. The maximum Gasteiger partial charge on any atom is 0.243 e. The average Bonchev–Trinajstić information content (AvgIpc) is 2.49. The van der Waals surface area contributed by atoms with E-state index in [0.717, 1.165) is 5.56 Å². The van der Waals surface area contributed by atoms with Crippen molar-refractivity contribution < 1.29 is 19.1 Å². The lowest BCUT2D eigenvalue weighted by atomic mass is 10.0. The van der Waals surface area contributed by atoms with Gasteiger partial charge in [-0.1, -0.05) is 19.9 Å². The van der Waals surface area contributed by atoms with Gasteiger partial charge in [0.05, 0.1) is 14.2 Å². The van der Waals surface area contributed by atoms with E-state index in [-0.39, 0.29) is 17.7 Å². The highest BCUT2D eigenvalue weighted by molar-refractivity contribution is 5.87. The summed E-state index contributed by atoms with van der Waals surface area (Å²) in [4.78, 5) is 23.4. The van der Waals surface area contributed by atoms with Gasteiger partial charge in [-0.25, -0.2) is 0 Å². The van der Waals surface area contributed by atoms with Crippen molar-refractivity contribution in [3.63, 3.8) is 0 Å². The number of methoxy groups -OCH3 is 2. The second-order valence-corrected chi connectivity index (χ2v) is 5.33.